The van der Waals surface area contributed by atoms with Crippen molar-refractivity contribution in [1.82, 2.24) is 15.5 Å². The lowest BCUT2D eigenvalue weighted by Gasteiger charge is -2.31. The molecule has 116 valence electrons. The highest BCUT2D eigenvalue weighted by Gasteiger charge is 2.21. The zero-order valence-electron chi connectivity index (χ0n) is 13.2. The number of carbonyl (C=O) groups excluding carboxylic acids is 2. The molecule has 0 aliphatic heterocycles. The van der Waals surface area contributed by atoms with Gasteiger partial charge >= 0.3 is 6.03 Å². The number of urea groups is 1. The Kier molecular flexibility index (Phi) is 6.88. The van der Waals surface area contributed by atoms with Gasteiger partial charge in [0.05, 0.1) is 0 Å². The van der Waals surface area contributed by atoms with Gasteiger partial charge in [0.1, 0.15) is 0 Å². The summed E-state index contributed by atoms with van der Waals surface area (Å²) < 4.78 is 0. The highest BCUT2D eigenvalue weighted by molar-refractivity contribution is 5.94. The normalized spacial score (nSPS) is 12.3. The quantitative estimate of drug-likeness (QED) is 0.844. The van der Waals surface area contributed by atoms with E-state index in [-0.39, 0.29) is 11.9 Å². The molecule has 0 unspecified atom stereocenters. The molecule has 0 spiro atoms. The molecule has 5 heteroatoms. The van der Waals surface area contributed by atoms with E-state index in [2.05, 4.69) is 41.5 Å². The van der Waals surface area contributed by atoms with Gasteiger partial charge < -0.3 is 5.32 Å². The van der Waals surface area contributed by atoms with Gasteiger partial charge in [-0.05, 0) is 18.5 Å². The topological polar surface area (TPSA) is 61.4 Å². The Labute approximate surface area is 126 Å². The molecule has 1 aromatic carbocycles. The molecular formula is C16H25N3O2. The lowest BCUT2D eigenvalue weighted by Crippen LogP contribution is -2.39. The third-order valence-corrected chi connectivity index (χ3v) is 3.42. The Morgan fingerprint density at radius 3 is 2.33 bits per heavy atom. The Bertz CT molecular complexity index is 460. The number of imide groups is 1. The standard InChI is InChI=1S/C16H25N3O2/c1-12(2)15(13-8-6-5-7-9-13)19(4)11-10-14(20)18-16(21)17-3/h5-9,12,15H,10-11H2,1-4H3,(H2,17,18,20,21)/t15-/m0/s1. The zero-order chi connectivity index (χ0) is 15.8. The SMILES string of the molecule is CNC(=O)NC(=O)CCN(C)[C@H](c1ccccc1)C(C)C. The van der Waals surface area contributed by atoms with Crippen molar-refractivity contribution in [1.29, 1.82) is 0 Å². The molecule has 0 fully saturated rings. The summed E-state index contributed by atoms with van der Waals surface area (Å²) in [6.45, 7) is 4.93. The Morgan fingerprint density at radius 1 is 1.19 bits per heavy atom. The van der Waals surface area contributed by atoms with Crippen LogP contribution in [0.25, 0.3) is 0 Å². The smallest absolute Gasteiger partial charge is 0.321 e. The van der Waals surface area contributed by atoms with E-state index in [1.807, 2.05) is 25.2 Å². The van der Waals surface area contributed by atoms with Gasteiger partial charge in [-0.1, -0.05) is 44.2 Å². The van der Waals surface area contributed by atoms with Crippen LogP contribution in [0, 0.1) is 5.92 Å². The van der Waals surface area contributed by atoms with E-state index in [4.69, 9.17) is 0 Å². The van der Waals surface area contributed by atoms with Gasteiger partial charge in [-0.3, -0.25) is 15.0 Å². The van der Waals surface area contributed by atoms with E-state index in [0.29, 0.717) is 18.9 Å². The van der Waals surface area contributed by atoms with Crippen molar-refractivity contribution in [2.45, 2.75) is 26.3 Å². The first-order valence-corrected chi connectivity index (χ1v) is 7.22. The molecule has 1 rings (SSSR count). The molecule has 0 bridgehead atoms. The number of benzene rings is 1. The summed E-state index contributed by atoms with van der Waals surface area (Å²) in [4.78, 5) is 24.9. The number of hydrogen-bond donors (Lipinski definition) is 2. The van der Waals surface area contributed by atoms with Crippen LogP contribution in [0.1, 0.15) is 31.9 Å². The Hall–Kier alpha value is -1.88. The highest BCUT2D eigenvalue weighted by atomic mass is 16.2. The van der Waals surface area contributed by atoms with Crippen LogP contribution in [0.3, 0.4) is 0 Å². The van der Waals surface area contributed by atoms with E-state index in [1.54, 1.807) is 0 Å². The summed E-state index contributed by atoms with van der Waals surface area (Å²) >= 11 is 0. The van der Waals surface area contributed by atoms with Gasteiger partial charge in [0.25, 0.3) is 0 Å². The number of rotatable bonds is 6. The van der Waals surface area contributed by atoms with E-state index < -0.39 is 6.03 Å². The van der Waals surface area contributed by atoms with E-state index >= 15 is 0 Å². The molecule has 0 saturated heterocycles. The predicted octanol–water partition coefficient (Wildman–Crippen LogP) is 2.16. The average Bonchev–Trinajstić information content (AvgIpc) is 2.46. The van der Waals surface area contributed by atoms with Crippen LogP contribution in [0.15, 0.2) is 30.3 Å². The maximum Gasteiger partial charge on any atom is 0.321 e. The van der Waals surface area contributed by atoms with E-state index in [9.17, 15) is 9.59 Å². The van der Waals surface area contributed by atoms with Crippen molar-refractivity contribution in [2.75, 3.05) is 20.6 Å². The number of nitrogens with zero attached hydrogens (tertiary/aromatic N) is 1. The summed E-state index contributed by atoms with van der Waals surface area (Å²) in [6.07, 6.45) is 0.292. The summed E-state index contributed by atoms with van der Waals surface area (Å²) in [7, 11) is 3.49. The molecule has 1 aromatic rings. The molecule has 0 radical (unpaired) electrons. The summed E-state index contributed by atoms with van der Waals surface area (Å²) in [6, 6.07) is 10.0. The minimum absolute atomic E-state index is 0.249. The van der Waals surface area contributed by atoms with Crippen LogP contribution < -0.4 is 10.6 Å². The fourth-order valence-corrected chi connectivity index (χ4v) is 2.47. The van der Waals surface area contributed by atoms with Gasteiger partial charge in [0, 0.05) is 26.1 Å². The van der Waals surface area contributed by atoms with Gasteiger partial charge in [-0.25, -0.2) is 4.79 Å². The van der Waals surface area contributed by atoms with Crippen molar-refractivity contribution >= 4 is 11.9 Å². The molecule has 3 amide bonds. The lowest BCUT2D eigenvalue weighted by molar-refractivity contribution is -0.120. The fraction of sp³-hybridized carbons (Fsp3) is 0.500. The van der Waals surface area contributed by atoms with Gasteiger partial charge in [0.15, 0.2) is 0 Å². The zero-order valence-corrected chi connectivity index (χ0v) is 13.2. The Balaban J connectivity index is 2.61. The highest BCUT2D eigenvalue weighted by Crippen LogP contribution is 2.27. The minimum atomic E-state index is -0.467. The van der Waals surface area contributed by atoms with Gasteiger partial charge in [-0.2, -0.15) is 0 Å². The molecule has 0 heterocycles. The third kappa shape index (κ3) is 5.55. The molecule has 0 aliphatic rings. The molecule has 1 atom stereocenters. The lowest BCUT2D eigenvalue weighted by atomic mass is 9.94. The van der Waals surface area contributed by atoms with E-state index in [1.165, 1.54) is 12.6 Å². The van der Waals surface area contributed by atoms with Crippen molar-refractivity contribution in [2.24, 2.45) is 5.92 Å². The second-order valence-corrected chi connectivity index (χ2v) is 5.46. The molecule has 0 saturated carbocycles. The predicted molar refractivity (Wildman–Crippen MR) is 83.9 cm³/mol. The van der Waals surface area contributed by atoms with Crippen molar-refractivity contribution in [3.63, 3.8) is 0 Å². The van der Waals surface area contributed by atoms with Crippen LogP contribution in [0.2, 0.25) is 0 Å². The summed E-state index contributed by atoms with van der Waals surface area (Å²) in [5, 5.41) is 4.64. The second kappa shape index (κ2) is 8.42. The first kappa shape index (κ1) is 17.2. The largest absolute Gasteiger partial charge is 0.341 e. The van der Waals surface area contributed by atoms with Crippen molar-refractivity contribution in [3.05, 3.63) is 35.9 Å². The number of nitrogens with one attached hydrogen (secondary N) is 2. The molecule has 21 heavy (non-hydrogen) atoms. The number of carbonyl (C=O) groups is 2. The van der Waals surface area contributed by atoms with Crippen molar-refractivity contribution in [3.8, 4) is 0 Å². The molecule has 2 N–H and O–H groups in total. The van der Waals surface area contributed by atoms with Crippen LogP contribution >= 0.6 is 0 Å². The van der Waals surface area contributed by atoms with Crippen LogP contribution in [-0.4, -0.2) is 37.5 Å². The first-order chi connectivity index (χ1) is 9.95. The summed E-state index contributed by atoms with van der Waals surface area (Å²) in [5.74, 6) is 0.163. The molecule has 0 aliphatic carbocycles. The Morgan fingerprint density at radius 2 is 1.81 bits per heavy atom. The summed E-state index contributed by atoms with van der Waals surface area (Å²) in [5.41, 5.74) is 1.24. The van der Waals surface area contributed by atoms with Gasteiger partial charge in [-0.15, -0.1) is 0 Å². The number of hydrogen-bond acceptors (Lipinski definition) is 3. The second-order valence-electron chi connectivity index (χ2n) is 5.46. The minimum Gasteiger partial charge on any atom is -0.341 e. The van der Waals surface area contributed by atoms with Crippen molar-refractivity contribution < 1.29 is 9.59 Å². The maximum absolute atomic E-state index is 11.6. The van der Waals surface area contributed by atoms with Crippen LogP contribution in [0.5, 0.6) is 0 Å². The van der Waals surface area contributed by atoms with Crippen LogP contribution in [-0.2, 0) is 4.79 Å². The first-order valence-electron chi connectivity index (χ1n) is 7.22. The fourth-order valence-electron chi connectivity index (χ4n) is 2.47. The third-order valence-electron chi connectivity index (χ3n) is 3.42. The number of amides is 3. The molecule has 0 aromatic heterocycles. The average molecular weight is 291 g/mol. The van der Waals surface area contributed by atoms with Gasteiger partial charge in [0.2, 0.25) is 5.91 Å². The molecular weight excluding hydrogens is 266 g/mol. The van der Waals surface area contributed by atoms with Crippen LogP contribution in [0.4, 0.5) is 4.79 Å². The monoisotopic (exact) mass is 291 g/mol. The maximum atomic E-state index is 11.6. The molecule has 5 nitrogen and oxygen atoms in total. The van der Waals surface area contributed by atoms with E-state index in [0.717, 1.165) is 0 Å².